The van der Waals surface area contributed by atoms with Gasteiger partial charge in [-0.25, -0.2) is 4.79 Å². The standard InChI is InChI=1S/C22H24N4O3/c1-15(2)12-20(22(28)29)26-21(27)16(13-23)14-24-17-8-10-19(11-9-17)25-18-6-4-3-5-7-18/h3-11,14-15,20,24-25H,12H2,1-2H3,(H,26,27)(H,28,29)/b16-14-. The molecule has 0 bridgehead atoms. The highest BCUT2D eigenvalue weighted by atomic mass is 16.4. The van der Waals surface area contributed by atoms with Crippen LogP contribution in [0.2, 0.25) is 0 Å². The van der Waals surface area contributed by atoms with Gasteiger partial charge in [0.05, 0.1) is 0 Å². The van der Waals surface area contributed by atoms with Crippen LogP contribution in [-0.2, 0) is 9.59 Å². The quantitative estimate of drug-likeness (QED) is 0.380. The Labute approximate surface area is 170 Å². The SMILES string of the molecule is CC(C)CC(NC(=O)/C(C#N)=C\Nc1ccc(Nc2ccccc2)cc1)C(=O)O. The van der Waals surface area contributed by atoms with E-state index < -0.39 is 17.9 Å². The van der Waals surface area contributed by atoms with Crippen molar-refractivity contribution in [2.45, 2.75) is 26.3 Å². The smallest absolute Gasteiger partial charge is 0.326 e. The Bertz CT molecular complexity index is 900. The predicted molar refractivity (Wildman–Crippen MR) is 113 cm³/mol. The average Bonchev–Trinajstić information content (AvgIpc) is 2.69. The number of para-hydroxylation sites is 1. The number of nitrogens with one attached hydrogen (secondary N) is 3. The van der Waals surface area contributed by atoms with Gasteiger partial charge in [-0.1, -0.05) is 32.0 Å². The highest BCUT2D eigenvalue weighted by Gasteiger charge is 2.22. The molecular formula is C22H24N4O3. The fraction of sp³-hybridized carbons (Fsp3) is 0.227. The van der Waals surface area contributed by atoms with Crippen LogP contribution in [0.25, 0.3) is 0 Å². The minimum atomic E-state index is -1.13. The maximum Gasteiger partial charge on any atom is 0.326 e. The van der Waals surface area contributed by atoms with Crippen molar-refractivity contribution in [2.75, 3.05) is 10.6 Å². The molecule has 0 saturated heterocycles. The molecule has 1 atom stereocenters. The number of carboxylic acid groups (broad SMARTS) is 1. The number of nitrogens with zero attached hydrogens (tertiary/aromatic N) is 1. The van der Waals surface area contributed by atoms with Crippen LogP contribution in [0.15, 0.2) is 66.4 Å². The number of aliphatic carboxylic acids is 1. The van der Waals surface area contributed by atoms with Crippen molar-refractivity contribution in [2.24, 2.45) is 5.92 Å². The number of amides is 1. The summed E-state index contributed by atoms with van der Waals surface area (Å²) in [7, 11) is 0. The van der Waals surface area contributed by atoms with Gasteiger partial charge in [0.15, 0.2) is 0 Å². The molecule has 1 unspecified atom stereocenters. The van der Waals surface area contributed by atoms with E-state index in [-0.39, 0.29) is 17.9 Å². The number of rotatable bonds is 9. The van der Waals surface area contributed by atoms with Crippen molar-refractivity contribution < 1.29 is 14.7 Å². The Morgan fingerprint density at radius 3 is 2.17 bits per heavy atom. The van der Waals surface area contributed by atoms with E-state index in [0.717, 1.165) is 11.4 Å². The van der Waals surface area contributed by atoms with E-state index in [0.29, 0.717) is 5.69 Å². The molecule has 0 radical (unpaired) electrons. The Kier molecular flexibility index (Phi) is 7.80. The lowest BCUT2D eigenvalue weighted by Crippen LogP contribution is -2.42. The van der Waals surface area contributed by atoms with Crippen LogP contribution in [0.1, 0.15) is 20.3 Å². The maximum absolute atomic E-state index is 12.2. The van der Waals surface area contributed by atoms with Crippen LogP contribution in [0, 0.1) is 17.2 Å². The number of nitriles is 1. The average molecular weight is 392 g/mol. The molecule has 0 spiro atoms. The van der Waals surface area contributed by atoms with E-state index in [1.54, 1.807) is 18.2 Å². The zero-order valence-electron chi connectivity index (χ0n) is 16.3. The lowest BCUT2D eigenvalue weighted by atomic mass is 10.0. The normalized spacial score (nSPS) is 12.0. The highest BCUT2D eigenvalue weighted by molar-refractivity contribution is 5.99. The Morgan fingerprint density at radius 1 is 1.03 bits per heavy atom. The van der Waals surface area contributed by atoms with E-state index in [1.165, 1.54) is 6.20 Å². The first kappa shape index (κ1) is 21.5. The van der Waals surface area contributed by atoms with E-state index >= 15 is 0 Å². The van der Waals surface area contributed by atoms with Crippen LogP contribution < -0.4 is 16.0 Å². The summed E-state index contributed by atoms with van der Waals surface area (Å²) >= 11 is 0. The zero-order valence-corrected chi connectivity index (χ0v) is 16.3. The predicted octanol–water partition coefficient (Wildman–Crippen LogP) is 3.87. The fourth-order valence-electron chi connectivity index (χ4n) is 2.57. The number of carbonyl (C=O) groups excluding carboxylic acids is 1. The summed E-state index contributed by atoms with van der Waals surface area (Å²) in [6, 6.07) is 17.8. The third kappa shape index (κ3) is 7.03. The maximum atomic E-state index is 12.2. The van der Waals surface area contributed by atoms with Gasteiger partial charge in [0.2, 0.25) is 0 Å². The zero-order chi connectivity index (χ0) is 21.2. The third-order valence-electron chi connectivity index (χ3n) is 4.01. The highest BCUT2D eigenvalue weighted by Crippen LogP contribution is 2.18. The molecule has 0 saturated carbocycles. The van der Waals surface area contributed by atoms with Crippen molar-refractivity contribution in [3.05, 3.63) is 66.4 Å². The molecule has 150 valence electrons. The Hall–Kier alpha value is -3.79. The summed E-state index contributed by atoms with van der Waals surface area (Å²) in [5.41, 5.74) is 2.33. The van der Waals surface area contributed by atoms with Gasteiger partial charge in [0.25, 0.3) is 5.91 Å². The van der Waals surface area contributed by atoms with Crippen LogP contribution in [0.4, 0.5) is 17.1 Å². The second-order valence-corrected chi connectivity index (χ2v) is 6.88. The topological polar surface area (TPSA) is 114 Å². The van der Waals surface area contributed by atoms with Gasteiger partial charge in [0.1, 0.15) is 17.7 Å². The molecule has 7 nitrogen and oxygen atoms in total. The first-order valence-corrected chi connectivity index (χ1v) is 9.21. The first-order valence-electron chi connectivity index (χ1n) is 9.21. The third-order valence-corrected chi connectivity index (χ3v) is 4.01. The summed E-state index contributed by atoms with van der Waals surface area (Å²) < 4.78 is 0. The molecule has 0 aromatic heterocycles. The number of anilines is 3. The molecule has 2 aromatic rings. The molecule has 4 N–H and O–H groups in total. The first-order chi connectivity index (χ1) is 13.9. The van der Waals surface area contributed by atoms with Gasteiger partial charge >= 0.3 is 5.97 Å². The molecule has 2 aromatic carbocycles. The van der Waals surface area contributed by atoms with Crippen LogP contribution in [0.3, 0.4) is 0 Å². The number of hydrogen-bond acceptors (Lipinski definition) is 5. The largest absolute Gasteiger partial charge is 0.480 e. The van der Waals surface area contributed by atoms with Gasteiger partial charge in [0, 0.05) is 23.3 Å². The minimum Gasteiger partial charge on any atom is -0.480 e. The summed E-state index contributed by atoms with van der Waals surface area (Å²) in [6.45, 7) is 3.72. The van der Waals surface area contributed by atoms with Gasteiger partial charge < -0.3 is 21.1 Å². The van der Waals surface area contributed by atoms with Crippen molar-refractivity contribution >= 4 is 28.9 Å². The molecule has 0 heterocycles. The van der Waals surface area contributed by atoms with E-state index in [2.05, 4.69) is 16.0 Å². The molecule has 0 aliphatic carbocycles. The second kappa shape index (κ2) is 10.5. The van der Waals surface area contributed by atoms with E-state index in [4.69, 9.17) is 0 Å². The van der Waals surface area contributed by atoms with Gasteiger partial charge in [-0.3, -0.25) is 4.79 Å². The lowest BCUT2D eigenvalue weighted by Gasteiger charge is -2.16. The van der Waals surface area contributed by atoms with Gasteiger partial charge in [-0.05, 0) is 48.7 Å². The molecule has 0 aliphatic rings. The Morgan fingerprint density at radius 2 is 1.62 bits per heavy atom. The van der Waals surface area contributed by atoms with E-state index in [9.17, 15) is 20.0 Å². The summed E-state index contributed by atoms with van der Waals surface area (Å²) in [5.74, 6) is -1.76. The summed E-state index contributed by atoms with van der Waals surface area (Å²) in [6.07, 6.45) is 1.55. The summed E-state index contributed by atoms with van der Waals surface area (Å²) in [4.78, 5) is 23.5. The van der Waals surface area contributed by atoms with E-state index in [1.807, 2.05) is 56.3 Å². The monoisotopic (exact) mass is 392 g/mol. The second-order valence-electron chi connectivity index (χ2n) is 6.88. The number of hydrogen-bond donors (Lipinski definition) is 4. The number of carboxylic acids is 1. The van der Waals surface area contributed by atoms with Crippen LogP contribution in [0.5, 0.6) is 0 Å². The van der Waals surface area contributed by atoms with Crippen LogP contribution >= 0.6 is 0 Å². The molecule has 0 fully saturated rings. The molecule has 7 heteroatoms. The number of carbonyl (C=O) groups is 2. The van der Waals surface area contributed by atoms with Gasteiger partial charge in [-0.2, -0.15) is 5.26 Å². The van der Waals surface area contributed by atoms with Crippen LogP contribution in [-0.4, -0.2) is 23.0 Å². The Balaban J connectivity index is 1.99. The lowest BCUT2D eigenvalue weighted by molar-refractivity contribution is -0.141. The van der Waals surface area contributed by atoms with Crippen molar-refractivity contribution in [1.29, 1.82) is 5.26 Å². The number of benzene rings is 2. The molecule has 29 heavy (non-hydrogen) atoms. The summed E-state index contributed by atoms with van der Waals surface area (Å²) in [5, 5.41) is 27.0. The van der Waals surface area contributed by atoms with Crippen molar-refractivity contribution in [3.63, 3.8) is 0 Å². The minimum absolute atomic E-state index is 0.0899. The molecule has 2 rings (SSSR count). The van der Waals surface area contributed by atoms with Crippen molar-refractivity contribution in [1.82, 2.24) is 5.32 Å². The molecule has 1 amide bonds. The van der Waals surface area contributed by atoms with Gasteiger partial charge in [-0.15, -0.1) is 0 Å². The van der Waals surface area contributed by atoms with Crippen molar-refractivity contribution in [3.8, 4) is 6.07 Å². The molecular weight excluding hydrogens is 368 g/mol. The molecule has 0 aliphatic heterocycles. The fourth-order valence-corrected chi connectivity index (χ4v) is 2.57.